The third-order valence-corrected chi connectivity index (χ3v) is 5.80. The highest BCUT2D eigenvalue weighted by Gasteiger charge is 2.26. The van der Waals surface area contributed by atoms with E-state index in [-0.39, 0.29) is 12.3 Å². The van der Waals surface area contributed by atoms with Gasteiger partial charge in [0.2, 0.25) is 10.0 Å². The Bertz CT molecular complexity index is 683. The summed E-state index contributed by atoms with van der Waals surface area (Å²) in [6.07, 6.45) is 0.647. The van der Waals surface area contributed by atoms with E-state index < -0.39 is 15.6 Å². The van der Waals surface area contributed by atoms with Gasteiger partial charge in [-0.1, -0.05) is 0 Å². The monoisotopic (exact) mass is 388 g/mol. The summed E-state index contributed by atoms with van der Waals surface area (Å²) >= 11 is 0. The van der Waals surface area contributed by atoms with Gasteiger partial charge in [-0.05, 0) is 46.2 Å². The van der Waals surface area contributed by atoms with Crippen LogP contribution in [-0.4, -0.2) is 62.8 Å². The zero-order valence-corrected chi connectivity index (χ0v) is 17.2. The molecule has 9 heteroatoms. The molecule has 0 spiro atoms. The molecule has 1 heterocycles. The first-order chi connectivity index (χ1) is 12.1. The molecule has 1 unspecified atom stereocenters. The molecule has 1 aromatic rings. The highest BCUT2D eigenvalue weighted by atomic mass is 32.2. The van der Waals surface area contributed by atoms with Crippen LogP contribution in [0.1, 0.15) is 38.7 Å². The number of nitrogens with one attached hydrogen (secondary N) is 2. The first kappa shape index (κ1) is 22.5. The maximum absolute atomic E-state index is 11.7. The van der Waals surface area contributed by atoms with E-state index in [9.17, 15) is 13.5 Å². The minimum atomic E-state index is -3.15. The van der Waals surface area contributed by atoms with Crippen molar-refractivity contribution in [3.05, 3.63) is 23.7 Å². The summed E-state index contributed by atoms with van der Waals surface area (Å²) in [6, 6.07) is 3.55. The first-order valence-corrected chi connectivity index (χ1v) is 10.5. The molecule has 0 radical (unpaired) electrons. The fraction of sp³-hybridized carbons (Fsp3) is 0.706. The second-order valence-electron chi connectivity index (χ2n) is 6.38. The van der Waals surface area contributed by atoms with Crippen molar-refractivity contribution in [2.75, 3.05) is 39.0 Å². The number of sulfonamides is 1. The molecule has 0 amide bonds. The van der Waals surface area contributed by atoms with Crippen molar-refractivity contribution in [2.45, 2.75) is 39.7 Å². The highest BCUT2D eigenvalue weighted by molar-refractivity contribution is 7.89. The van der Waals surface area contributed by atoms with E-state index in [2.05, 4.69) is 15.6 Å². The number of aliphatic imine (C=N–C) groups is 1. The maximum atomic E-state index is 11.7. The summed E-state index contributed by atoms with van der Waals surface area (Å²) in [5.41, 5.74) is -1.20. The molecule has 0 aliphatic rings. The van der Waals surface area contributed by atoms with Crippen LogP contribution in [0, 0.1) is 6.92 Å². The van der Waals surface area contributed by atoms with Crippen LogP contribution in [0.15, 0.2) is 21.5 Å². The molecule has 0 saturated heterocycles. The van der Waals surface area contributed by atoms with Gasteiger partial charge in [0.25, 0.3) is 0 Å². The van der Waals surface area contributed by atoms with Crippen molar-refractivity contribution in [3.8, 4) is 0 Å². The Labute approximate surface area is 156 Å². The Kier molecular flexibility index (Phi) is 8.58. The van der Waals surface area contributed by atoms with E-state index in [4.69, 9.17) is 4.42 Å². The minimum Gasteiger partial charge on any atom is -0.463 e. The van der Waals surface area contributed by atoms with Gasteiger partial charge in [-0.2, -0.15) is 0 Å². The fourth-order valence-electron chi connectivity index (χ4n) is 2.24. The minimum absolute atomic E-state index is 0.0996. The van der Waals surface area contributed by atoms with Crippen LogP contribution in [0.2, 0.25) is 0 Å². The zero-order valence-electron chi connectivity index (χ0n) is 16.4. The van der Waals surface area contributed by atoms with Gasteiger partial charge in [-0.3, -0.25) is 0 Å². The molecule has 0 aliphatic heterocycles. The molecule has 1 atom stereocenters. The molecular formula is C17H32N4O4S. The lowest BCUT2D eigenvalue weighted by Gasteiger charge is -2.20. The van der Waals surface area contributed by atoms with Crippen molar-refractivity contribution in [3.63, 3.8) is 0 Å². The number of aliphatic hydroxyl groups is 1. The number of aryl methyl sites for hydroxylation is 1. The van der Waals surface area contributed by atoms with Crippen molar-refractivity contribution in [1.82, 2.24) is 14.9 Å². The Hall–Kier alpha value is -1.58. The van der Waals surface area contributed by atoms with E-state index in [0.29, 0.717) is 37.8 Å². The molecule has 0 fully saturated rings. The predicted octanol–water partition coefficient (Wildman–Crippen LogP) is 1.02. The second-order valence-corrected chi connectivity index (χ2v) is 8.75. The van der Waals surface area contributed by atoms with E-state index in [1.54, 1.807) is 33.0 Å². The number of furan rings is 1. The van der Waals surface area contributed by atoms with Crippen molar-refractivity contribution >= 4 is 16.0 Å². The van der Waals surface area contributed by atoms with Gasteiger partial charge in [-0.15, -0.1) is 0 Å². The van der Waals surface area contributed by atoms with Crippen LogP contribution in [0.3, 0.4) is 0 Å². The van der Waals surface area contributed by atoms with Gasteiger partial charge >= 0.3 is 0 Å². The van der Waals surface area contributed by atoms with Gasteiger partial charge in [0.05, 0.1) is 12.3 Å². The first-order valence-electron chi connectivity index (χ1n) is 8.88. The Morgan fingerprint density at radius 3 is 2.58 bits per heavy atom. The van der Waals surface area contributed by atoms with Crippen molar-refractivity contribution in [2.24, 2.45) is 4.99 Å². The summed E-state index contributed by atoms with van der Waals surface area (Å²) in [5, 5.41) is 16.8. The van der Waals surface area contributed by atoms with Gasteiger partial charge in [0.1, 0.15) is 17.1 Å². The number of hydrogen-bond donors (Lipinski definition) is 3. The van der Waals surface area contributed by atoms with Crippen LogP contribution < -0.4 is 10.6 Å². The Balaban J connectivity index is 2.56. The van der Waals surface area contributed by atoms with E-state index in [1.807, 2.05) is 13.8 Å². The molecule has 1 aromatic heterocycles. The number of nitrogens with zero attached hydrogens (tertiary/aromatic N) is 2. The van der Waals surface area contributed by atoms with Gasteiger partial charge < -0.3 is 20.2 Å². The van der Waals surface area contributed by atoms with Gasteiger partial charge in [0.15, 0.2) is 5.96 Å². The summed E-state index contributed by atoms with van der Waals surface area (Å²) in [7, 11) is -1.57. The SMILES string of the molecule is CCNC(=NCC(C)(O)c1ccc(C)o1)NCCCN(C)S(=O)(=O)CC. The Morgan fingerprint density at radius 1 is 1.35 bits per heavy atom. The molecule has 150 valence electrons. The second kappa shape index (κ2) is 9.94. The normalized spacial score (nSPS) is 15.1. The fourth-order valence-corrected chi connectivity index (χ4v) is 3.09. The largest absolute Gasteiger partial charge is 0.463 e. The number of hydrogen-bond acceptors (Lipinski definition) is 5. The molecule has 1 rings (SSSR count). The molecular weight excluding hydrogens is 356 g/mol. The lowest BCUT2D eigenvalue weighted by atomic mass is 10.0. The summed E-state index contributed by atoms with van der Waals surface area (Å²) in [4.78, 5) is 4.40. The highest BCUT2D eigenvalue weighted by Crippen LogP contribution is 2.22. The zero-order chi connectivity index (χ0) is 19.8. The third kappa shape index (κ3) is 6.97. The quantitative estimate of drug-likeness (QED) is 0.314. The maximum Gasteiger partial charge on any atom is 0.213 e. The lowest BCUT2D eigenvalue weighted by molar-refractivity contribution is 0.0428. The van der Waals surface area contributed by atoms with Crippen LogP contribution in [-0.2, 0) is 15.6 Å². The summed E-state index contributed by atoms with van der Waals surface area (Å²) < 4.78 is 30.3. The summed E-state index contributed by atoms with van der Waals surface area (Å²) in [5.74, 6) is 1.88. The molecule has 0 aromatic carbocycles. The van der Waals surface area contributed by atoms with Crippen molar-refractivity contribution in [1.29, 1.82) is 0 Å². The molecule has 3 N–H and O–H groups in total. The molecule has 26 heavy (non-hydrogen) atoms. The molecule has 0 aliphatic carbocycles. The predicted molar refractivity (Wildman–Crippen MR) is 104 cm³/mol. The van der Waals surface area contributed by atoms with Gasteiger partial charge in [0, 0.05) is 26.7 Å². The number of guanidine groups is 1. The third-order valence-electron chi connectivity index (χ3n) is 3.94. The van der Waals surface area contributed by atoms with Crippen LogP contribution in [0.4, 0.5) is 0 Å². The van der Waals surface area contributed by atoms with E-state index in [0.717, 1.165) is 5.76 Å². The standard InChI is InChI=1S/C17H32N4O4S/c1-6-18-16(19-11-8-12-21(5)26(23,24)7-2)20-13-17(4,22)15-10-9-14(3)25-15/h9-10,22H,6-8,11-13H2,1-5H3,(H2,18,19,20). The van der Waals surface area contributed by atoms with Crippen LogP contribution >= 0.6 is 0 Å². The lowest BCUT2D eigenvalue weighted by Crippen LogP contribution is -2.40. The smallest absolute Gasteiger partial charge is 0.213 e. The van der Waals surface area contributed by atoms with Crippen LogP contribution in [0.5, 0.6) is 0 Å². The molecule has 0 saturated carbocycles. The van der Waals surface area contributed by atoms with Gasteiger partial charge in [-0.25, -0.2) is 17.7 Å². The van der Waals surface area contributed by atoms with E-state index >= 15 is 0 Å². The van der Waals surface area contributed by atoms with Crippen molar-refractivity contribution < 1.29 is 17.9 Å². The van der Waals surface area contributed by atoms with E-state index in [1.165, 1.54) is 4.31 Å². The Morgan fingerprint density at radius 2 is 2.04 bits per heavy atom. The summed E-state index contributed by atoms with van der Waals surface area (Å²) in [6.45, 7) is 8.88. The topological polar surface area (TPSA) is 107 Å². The molecule has 8 nitrogen and oxygen atoms in total. The average Bonchev–Trinajstić information content (AvgIpc) is 3.03. The molecule has 0 bridgehead atoms. The average molecular weight is 389 g/mol. The van der Waals surface area contributed by atoms with Crippen LogP contribution in [0.25, 0.3) is 0 Å². The number of rotatable bonds is 10.